The van der Waals surface area contributed by atoms with Crippen molar-refractivity contribution in [2.45, 2.75) is 31.7 Å². The molecule has 1 heterocycles. The zero-order valence-corrected chi connectivity index (χ0v) is 18.6. The molecule has 3 nitrogen and oxygen atoms in total. The third-order valence-electron chi connectivity index (χ3n) is 4.44. The smallest absolute Gasteiger partial charge is 0.249 e. The molecule has 0 fully saturated rings. The number of carbonyl (C=O) groups excluding carboxylic acids is 1. The highest BCUT2D eigenvalue weighted by atomic mass is 32.2. The fraction of sp³-hybridized carbons (Fsp3) is 0.333. The van der Waals surface area contributed by atoms with Crippen LogP contribution in [0.1, 0.15) is 17.5 Å². The Morgan fingerprint density at radius 2 is 1.86 bits per heavy atom. The summed E-state index contributed by atoms with van der Waals surface area (Å²) in [4.78, 5) is 18.6. The first kappa shape index (κ1) is 21.1. The molecule has 0 radical (unpaired) electrons. The Kier molecular flexibility index (Phi) is 7.37. The van der Waals surface area contributed by atoms with E-state index in [1.807, 2.05) is 0 Å². The normalized spacial score (nSPS) is 12.1. The molecule has 2 aromatic carbocycles. The van der Waals surface area contributed by atoms with Crippen molar-refractivity contribution in [1.82, 2.24) is 4.57 Å². The minimum Gasteiger partial charge on any atom is -0.316 e. The van der Waals surface area contributed by atoms with Crippen LogP contribution in [0.2, 0.25) is 0 Å². The highest BCUT2D eigenvalue weighted by molar-refractivity contribution is 7.99. The van der Waals surface area contributed by atoms with Gasteiger partial charge >= 0.3 is 0 Å². The van der Waals surface area contributed by atoms with Crippen LogP contribution in [0.4, 0.5) is 4.39 Å². The van der Waals surface area contributed by atoms with Crippen LogP contribution in [0.15, 0.2) is 46.3 Å². The predicted octanol–water partition coefficient (Wildman–Crippen LogP) is 5.43. The number of thioether (sulfide) groups is 2. The van der Waals surface area contributed by atoms with E-state index in [4.69, 9.17) is 0 Å². The number of rotatable bonds is 7. The van der Waals surface area contributed by atoms with Gasteiger partial charge in [-0.3, -0.25) is 4.79 Å². The summed E-state index contributed by atoms with van der Waals surface area (Å²) in [7, 11) is 0. The first-order valence-electron chi connectivity index (χ1n) is 9.03. The fourth-order valence-electron chi connectivity index (χ4n) is 2.76. The van der Waals surface area contributed by atoms with Crippen molar-refractivity contribution in [2.24, 2.45) is 4.99 Å². The number of benzene rings is 2. The van der Waals surface area contributed by atoms with Gasteiger partial charge in [-0.25, -0.2) is 4.39 Å². The minimum absolute atomic E-state index is 0.118. The summed E-state index contributed by atoms with van der Waals surface area (Å²) in [5.74, 6) is 1.23. The van der Waals surface area contributed by atoms with Crippen LogP contribution in [0, 0.1) is 19.7 Å². The van der Waals surface area contributed by atoms with Gasteiger partial charge in [-0.2, -0.15) is 16.8 Å². The molecule has 0 atom stereocenters. The van der Waals surface area contributed by atoms with Crippen molar-refractivity contribution in [3.8, 4) is 0 Å². The van der Waals surface area contributed by atoms with Gasteiger partial charge in [-0.1, -0.05) is 11.3 Å². The van der Waals surface area contributed by atoms with Gasteiger partial charge in [0, 0.05) is 29.4 Å². The van der Waals surface area contributed by atoms with Crippen molar-refractivity contribution >= 4 is 51.0 Å². The molecule has 3 aromatic rings. The van der Waals surface area contributed by atoms with Gasteiger partial charge in [-0.05, 0) is 67.6 Å². The van der Waals surface area contributed by atoms with Crippen molar-refractivity contribution < 1.29 is 9.18 Å². The Hall–Kier alpha value is -1.57. The molecule has 0 saturated carbocycles. The summed E-state index contributed by atoms with van der Waals surface area (Å²) in [6.07, 6.45) is 2.44. The molecule has 0 aliphatic heterocycles. The van der Waals surface area contributed by atoms with E-state index in [2.05, 4.69) is 41.8 Å². The summed E-state index contributed by atoms with van der Waals surface area (Å²) in [6, 6.07) is 10.7. The first-order chi connectivity index (χ1) is 13.5. The second kappa shape index (κ2) is 9.76. The quantitative estimate of drug-likeness (QED) is 0.465. The number of hydrogen-bond acceptors (Lipinski definition) is 4. The summed E-state index contributed by atoms with van der Waals surface area (Å²) < 4.78 is 16.3. The second-order valence-corrected chi connectivity index (χ2v) is 9.65. The van der Waals surface area contributed by atoms with E-state index in [0.29, 0.717) is 12.2 Å². The third kappa shape index (κ3) is 5.27. The van der Waals surface area contributed by atoms with Gasteiger partial charge in [0.05, 0.1) is 10.2 Å². The number of hydrogen-bond donors (Lipinski definition) is 0. The molecule has 3 rings (SSSR count). The van der Waals surface area contributed by atoms with Gasteiger partial charge in [0.25, 0.3) is 0 Å². The lowest BCUT2D eigenvalue weighted by atomic mass is 10.1. The Balaban J connectivity index is 1.79. The average Bonchev–Trinajstić information content (AvgIpc) is 2.98. The lowest BCUT2D eigenvalue weighted by Crippen LogP contribution is -2.18. The molecule has 7 heteroatoms. The van der Waals surface area contributed by atoms with E-state index in [1.165, 1.54) is 23.3 Å². The molecule has 0 aliphatic carbocycles. The van der Waals surface area contributed by atoms with Crippen molar-refractivity contribution in [3.63, 3.8) is 0 Å². The molecule has 0 spiro atoms. The monoisotopic (exact) mass is 434 g/mol. The van der Waals surface area contributed by atoms with Crippen LogP contribution in [-0.2, 0) is 11.3 Å². The zero-order chi connectivity index (χ0) is 20.1. The van der Waals surface area contributed by atoms with E-state index in [0.717, 1.165) is 32.2 Å². The van der Waals surface area contributed by atoms with Gasteiger partial charge in [0.1, 0.15) is 5.82 Å². The summed E-state index contributed by atoms with van der Waals surface area (Å²) in [5.41, 5.74) is 3.64. The number of amides is 1. The number of nitrogens with zero attached hydrogens (tertiary/aromatic N) is 2. The topological polar surface area (TPSA) is 34.4 Å². The summed E-state index contributed by atoms with van der Waals surface area (Å²) in [5, 5.41) is 0. The Labute approximate surface area is 177 Å². The number of halogens is 1. The van der Waals surface area contributed by atoms with Crippen molar-refractivity contribution in [1.29, 1.82) is 0 Å². The molecule has 1 amide bonds. The largest absolute Gasteiger partial charge is 0.316 e. The van der Waals surface area contributed by atoms with Crippen LogP contribution in [0.5, 0.6) is 0 Å². The van der Waals surface area contributed by atoms with Crippen LogP contribution >= 0.6 is 34.9 Å². The molecule has 0 saturated heterocycles. The van der Waals surface area contributed by atoms with E-state index in [9.17, 15) is 9.18 Å². The number of thiazole rings is 1. The van der Waals surface area contributed by atoms with Gasteiger partial charge in [0.2, 0.25) is 5.91 Å². The zero-order valence-electron chi connectivity index (χ0n) is 16.2. The third-order valence-corrected chi connectivity index (χ3v) is 7.08. The first-order valence-corrected chi connectivity index (χ1v) is 12.2. The minimum atomic E-state index is -0.250. The molecule has 0 N–H and O–H groups in total. The number of fused-ring (bicyclic) bond motifs is 1. The van der Waals surface area contributed by atoms with Crippen molar-refractivity contribution in [3.05, 3.63) is 58.1 Å². The molecule has 28 heavy (non-hydrogen) atoms. The van der Waals surface area contributed by atoms with Crippen molar-refractivity contribution in [2.75, 3.05) is 17.8 Å². The van der Waals surface area contributed by atoms with Gasteiger partial charge < -0.3 is 4.57 Å². The molecule has 0 unspecified atom stereocenters. The van der Waals surface area contributed by atoms with Crippen LogP contribution in [-0.4, -0.2) is 28.2 Å². The van der Waals surface area contributed by atoms with Gasteiger partial charge in [-0.15, -0.1) is 11.8 Å². The number of carbonyl (C=O) groups is 1. The molecular formula is C21H23FN2OS3. The number of aromatic nitrogens is 1. The highest BCUT2D eigenvalue weighted by Gasteiger charge is 2.10. The molecule has 0 bridgehead atoms. The summed E-state index contributed by atoms with van der Waals surface area (Å²) in [6.45, 7) is 5.05. The summed E-state index contributed by atoms with van der Waals surface area (Å²) >= 11 is 4.90. The lowest BCUT2D eigenvalue weighted by Gasteiger charge is -2.06. The lowest BCUT2D eigenvalue weighted by molar-refractivity contribution is -0.117. The molecule has 148 valence electrons. The maximum Gasteiger partial charge on any atom is 0.249 e. The highest BCUT2D eigenvalue weighted by Crippen LogP contribution is 2.23. The molecule has 1 aromatic heterocycles. The Morgan fingerprint density at radius 3 is 2.57 bits per heavy atom. The Morgan fingerprint density at radius 1 is 1.14 bits per heavy atom. The standard InChI is InChI=1S/C21H23FN2OS3/c1-14-12-18-19(13-15(14)2)28-21(24(18)9-11-26-3)23-20(25)8-10-27-17-6-4-16(22)5-7-17/h4-7,12-13H,8-11H2,1-3H3. The second-order valence-electron chi connectivity index (χ2n) is 6.49. The molecular weight excluding hydrogens is 411 g/mol. The SMILES string of the molecule is CSCCn1c(=NC(=O)CCSc2ccc(F)cc2)sc2cc(C)c(C)cc21. The fourth-order valence-corrected chi connectivity index (χ4v) is 5.11. The van der Waals surface area contributed by atoms with Crippen LogP contribution < -0.4 is 4.80 Å². The van der Waals surface area contributed by atoms with E-state index >= 15 is 0 Å². The maximum absolute atomic E-state index is 13.0. The van der Waals surface area contributed by atoms with Crippen LogP contribution in [0.25, 0.3) is 10.2 Å². The van der Waals surface area contributed by atoms with Crippen LogP contribution in [0.3, 0.4) is 0 Å². The van der Waals surface area contributed by atoms with E-state index in [1.54, 1.807) is 47.0 Å². The predicted molar refractivity (Wildman–Crippen MR) is 120 cm³/mol. The Bertz CT molecular complexity index is 1040. The molecule has 0 aliphatic rings. The van der Waals surface area contributed by atoms with E-state index in [-0.39, 0.29) is 11.7 Å². The van der Waals surface area contributed by atoms with E-state index < -0.39 is 0 Å². The maximum atomic E-state index is 13.0. The average molecular weight is 435 g/mol. The van der Waals surface area contributed by atoms with Gasteiger partial charge in [0.15, 0.2) is 4.80 Å². The number of aryl methyl sites for hydroxylation is 3.